The van der Waals surface area contributed by atoms with E-state index in [4.69, 9.17) is 5.73 Å². The van der Waals surface area contributed by atoms with Crippen molar-refractivity contribution in [2.45, 2.75) is 38.3 Å². The smallest absolute Gasteiger partial charge is 0.274 e. The zero-order valence-electron chi connectivity index (χ0n) is 19.8. The van der Waals surface area contributed by atoms with Gasteiger partial charge in [0.1, 0.15) is 0 Å². The number of likely N-dealkylation sites (tertiary alicyclic amines) is 1. The minimum absolute atomic E-state index is 0.00758. The van der Waals surface area contributed by atoms with Crippen LogP contribution in [0, 0.1) is 0 Å². The van der Waals surface area contributed by atoms with E-state index in [1.165, 1.54) is 17.3 Å². The molecule has 1 aliphatic carbocycles. The molecule has 0 saturated carbocycles. The Morgan fingerprint density at radius 2 is 1.94 bits per heavy atom. The van der Waals surface area contributed by atoms with Crippen LogP contribution in [0.4, 0.5) is 5.82 Å². The minimum atomic E-state index is -0.325. The summed E-state index contributed by atoms with van der Waals surface area (Å²) in [5.74, 6) is -0.379. The number of aromatic nitrogens is 2. The van der Waals surface area contributed by atoms with E-state index in [1.54, 1.807) is 12.1 Å². The zero-order chi connectivity index (χ0) is 24.4. The summed E-state index contributed by atoms with van der Waals surface area (Å²) < 4.78 is 0. The number of carbonyl (C=O) groups excluding carboxylic acids is 2. The van der Waals surface area contributed by atoms with Crippen molar-refractivity contribution >= 4 is 17.6 Å². The summed E-state index contributed by atoms with van der Waals surface area (Å²) in [5.41, 5.74) is 10.3. The second kappa shape index (κ2) is 9.84. The molecule has 2 aliphatic rings. The Morgan fingerprint density at radius 3 is 2.77 bits per heavy atom. The highest BCUT2D eigenvalue weighted by Crippen LogP contribution is 2.31. The summed E-state index contributed by atoms with van der Waals surface area (Å²) >= 11 is 0. The second-order valence-corrected chi connectivity index (χ2v) is 9.19. The van der Waals surface area contributed by atoms with E-state index in [-0.39, 0.29) is 35.4 Å². The standard InChI is InChI=1S/C27H30N6O2/c1-2-33-13-12-20(16-33)30-27(35)24-25(28)29-15-23(31-24)18-7-5-8-19(14-18)26(34)32-22-11-10-17-6-3-4-9-21(17)22/h3-9,14-15,20,22H,2,10-13,16H2,1H3,(H2,28,29)(H,30,35)(H,32,34)/t20-,22-/m0/s1. The molecule has 3 aromatic rings. The SMILES string of the molecule is CCN1CC[C@H](NC(=O)c2nc(-c3cccc(C(=O)N[C@H]4CCc5ccccc54)c3)cnc2N)C1. The van der Waals surface area contributed by atoms with Gasteiger partial charge in [-0.3, -0.25) is 9.59 Å². The van der Waals surface area contributed by atoms with Crippen LogP contribution in [-0.4, -0.2) is 52.4 Å². The maximum atomic E-state index is 13.0. The Labute approximate surface area is 205 Å². The van der Waals surface area contributed by atoms with Crippen molar-refractivity contribution in [1.82, 2.24) is 25.5 Å². The maximum absolute atomic E-state index is 13.0. The van der Waals surface area contributed by atoms with Crippen LogP contribution < -0.4 is 16.4 Å². The van der Waals surface area contributed by atoms with Crippen LogP contribution >= 0.6 is 0 Å². The monoisotopic (exact) mass is 470 g/mol. The number of hydrogen-bond acceptors (Lipinski definition) is 6. The van der Waals surface area contributed by atoms with Gasteiger partial charge in [0.25, 0.3) is 11.8 Å². The molecule has 1 fully saturated rings. The minimum Gasteiger partial charge on any atom is -0.382 e. The number of anilines is 1. The number of aryl methyl sites for hydroxylation is 1. The molecule has 8 nitrogen and oxygen atoms in total. The van der Waals surface area contributed by atoms with Crippen LogP contribution in [0.1, 0.15) is 57.8 Å². The molecule has 1 saturated heterocycles. The van der Waals surface area contributed by atoms with E-state index in [0.717, 1.165) is 38.9 Å². The molecule has 8 heteroatoms. The molecule has 35 heavy (non-hydrogen) atoms. The Bertz CT molecular complexity index is 1260. The number of nitrogen functional groups attached to an aromatic ring is 1. The quantitative estimate of drug-likeness (QED) is 0.511. The summed E-state index contributed by atoms with van der Waals surface area (Å²) in [5, 5.41) is 6.18. The lowest BCUT2D eigenvalue weighted by Gasteiger charge is -2.15. The number of rotatable bonds is 6. The fourth-order valence-electron chi connectivity index (χ4n) is 4.96. The molecular weight excluding hydrogens is 440 g/mol. The van der Waals surface area contributed by atoms with E-state index >= 15 is 0 Å². The first-order valence-electron chi connectivity index (χ1n) is 12.2. The van der Waals surface area contributed by atoms with Gasteiger partial charge in [0, 0.05) is 30.3 Å². The van der Waals surface area contributed by atoms with Crippen LogP contribution in [0.2, 0.25) is 0 Å². The molecule has 2 heterocycles. The number of fused-ring (bicyclic) bond motifs is 1. The molecule has 2 amide bonds. The van der Waals surface area contributed by atoms with E-state index in [9.17, 15) is 9.59 Å². The summed E-state index contributed by atoms with van der Waals surface area (Å²) in [6.07, 6.45) is 4.29. The Hall–Kier alpha value is -3.78. The number of nitrogens with one attached hydrogen (secondary N) is 2. The van der Waals surface area contributed by atoms with Crippen LogP contribution in [0.25, 0.3) is 11.3 Å². The highest BCUT2D eigenvalue weighted by atomic mass is 16.2. The molecule has 1 aliphatic heterocycles. The van der Waals surface area contributed by atoms with Gasteiger partial charge in [-0.05, 0) is 49.1 Å². The molecule has 0 bridgehead atoms. The van der Waals surface area contributed by atoms with Gasteiger partial charge in [0.15, 0.2) is 11.5 Å². The van der Waals surface area contributed by atoms with Crippen molar-refractivity contribution in [1.29, 1.82) is 0 Å². The Balaban J connectivity index is 1.32. The normalized spacial score (nSPS) is 19.3. The fraction of sp³-hybridized carbons (Fsp3) is 0.333. The number of nitrogens with two attached hydrogens (primary N) is 1. The molecule has 180 valence electrons. The van der Waals surface area contributed by atoms with E-state index in [2.05, 4.69) is 44.6 Å². The van der Waals surface area contributed by atoms with Gasteiger partial charge < -0.3 is 21.3 Å². The van der Waals surface area contributed by atoms with Gasteiger partial charge in [-0.1, -0.05) is 43.3 Å². The number of amides is 2. The molecule has 2 aromatic carbocycles. The van der Waals surface area contributed by atoms with Crippen LogP contribution in [0.5, 0.6) is 0 Å². The average Bonchev–Trinajstić information content (AvgIpc) is 3.51. The molecule has 1 aromatic heterocycles. The molecular formula is C27H30N6O2. The average molecular weight is 471 g/mol. The van der Waals surface area contributed by atoms with Crippen molar-refractivity contribution in [3.05, 3.63) is 77.1 Å². The number of nitrogens with zero attached hydrogens (tertiary/aromatic N) is 3. The molecule has 0 spiro atoms. The van der Waals surface area contributed by atoms with Gasteiger partial charge in [-0.2, -0.15) is 0 Å². The maximum Gasteiger partial charge on any atom is 0.274 e. The van der Waals surface area contributed by atoms with Crippen molar-refractivity contribution < 1.29 is 9.59 Å². The van der Waals surface area contributed by atoms with E-state index < -0.39 is 0 Å². The second-order valence-electron chi connectivity index (χ2n) is 9.19. The highest BCUT2D eigenvalue weighted by molar-refractivity contribution is 5.97. The first-order valence-corrected chi connectivity index (χ1v) is 12.2. The molecule has 0 radical (unpaired) electrons. The third-order valence-electron chi connectivity index (χ3n) is 6.93. The lowest BCUT2D eigenvalue weighted by atomic mass is 10.1. The Kier molecular flexibility index (Phi) is 6.46. The summed E-state index contributed by atoms with van der Waals surface area (Å²) in [6.45, 7) is 4.85. The third kappa shape index (κ3) is 4.88. The number of benzene rings is 2. The summed E-state index contributed by atoms with van der Waals surface area (Å²) in [7, 11) is 0. The predicted molar refractivity (Wildman–Crippen MR) is 135 cm³/mol. The highest BCUT2D eigenvalue weighted by Gasteiger charge is 2.26. The third-order valence-corrected chi connectivity index (χ3v) is 6.93. The van der Waals surface area contributed by atoms with Crippen molar-refractivity contribution in [2.24, 2.45) is 0 Å². The van der Waals surface area contributed by atoms with E-state index in [1.807, 2.05) is 24.3 Å². The van der Waals surface area contributed by atoms with Crippen LogP contribution in [0.3, 0.4) is 0 Å². The largest absolute Gasteiger partial charge is 0.382 e. The van der Waals surface area contributed by atoms with E-state index in [0.29, 0.717) is 16.8 Å². The molecule has 4 N–H and O–H groups in total. The summed E-state index contributed by atoms with van der Waals surface area (Å²) in [4.78, 5) is 36.9. The lowest BCUT2D eigenvalue weighted by molar-refractivity contribution is 0.0926. The lowest BCUT2D eigenvalue weighted by Crippen LogP contribution is -2.38. The van der Waals surface area contributed by atoms with Crippen LogP contribution in [0.15, 0.2) is 54.7 Å². The molecule has 2 atom stereocenters. The Morgan fingerprint density at radius 1 is 1.09 bits per heavy atom. The van der Waals surface area contributed by atoms with Crippen LogP contribution in [-0.2, 0) is 6.42 Å². The predicted octanol–water partition coefficient (Wildman–Crippen LogP) is 2.97. The number of carbonyl (C=O) groups is 2. The van der Waals surface area contributed by atoms with Gasteiger partial charge in [0.2, 0.25) is 0 Å². The van der Waals surface area contributed by atoms with Gasteiger partial charge >= 0.3 is 0 Å². The zero-order valence-corrected chi connectivity index (χ0v) is 19.8. The summed E-state index contributed by atoms with van der Waals surface area (Å²) in [6, 6.07) is 15.5. The van der Waals surface area contributed by atoms with Crippen molar-refractivity contribution in [2.75, 3.05) is 25.4 Å². The van der Waals surface area contributed by atoms with Crippen molar-refractivity contribution in [3.63, 3.8) is 0 Å². The van der Waals surface area contributed by atoms with Gasteiger partial charge in [-0.25, -0.2) is 9.97 Å². The molecule has 5 rings (SSSR count). The number of hydrogen-bond donors (Lipinski definition) is 3. The number of likely N-dealkylation sites (N-methyl/N-ethyl adjacent to an activating group) is 1. The first-order chi connectivity index (χ1) is 17.0. The topological polar surface area (TPSA) is 113 Å². The van der Waals surface area contributed by atoms with Gasteiger partial charge in [-0.15, -0.1) is 0 Å². The fourth-order valence-corrected chi connectivity index (χ4v) is 4.96. The molecule has 0 unspecified atom stereocenters. The van der Waals surface area contributed by atoms with Crippen molar-refractivity contribution in [3.8, 4) is 11.3 Å². The van der Waals surface area contributed by atoms with Gasteiger partial charge in [0.05, 0.1) is 17.9 Å². The first kappa shape index (κ1) is 23.0.